The molecule has 0 N–H and O–H groups in total. The molecule has 162 valence electrons. The number of rotatable bonds is 4. The molecule has 0 bridgehead atoms. The Labute approximate surface area is 178 Å². The van der Waals surface area contributed by atoms with Crippen molar-refractivity contribution in [3.63, 3.8) is 0 Å². The lowest BCUT2D eigenvalue weighted by Gasteiger charge is -2.37. The van der Waals surface area contributed by atoms with Crippen molar-refractivity contribution in [2.24, 2.45) is 5.92 Å². The first-order valence-corrected chi connectivity index (χ1v) is 11.2. The third-order valence-electron chi connectivity index (χ3n) is 6.70. The number of carbonyl (C=O) groups excluding carboxylic acids is 3. The summed E-state index contributed by atoms with van der Waals surface area (Å²) in [5, 5.41) is 0. The quantitative estimate of drug-likeness (QED) is 0.758. The minimum Gasteiger partial charge on any atom is -0.340 e. The van der Waals surface area contributed by atoms with Gasteiger partial charge in [-0.25, -0.2) is 0 Å². The molecular weight excluding hydrogens is 380 g/mol. The summed E-state index contributed by atoms with van der Waals surface area (Å²) in [5.41, 5.74) is 2.89. The summed E-state index contributed by atoms with van der Waals surface area (Å²) in [6.45, 7) is 10.6. The van der Waals surface area contributed by atoms with Crippen LogP contribution in [0.4, 0.5) is 11.4 Å². The summed E-state index contributed by atoms with van der Waals surface area (Å²) < 4.78 is 0. The zero-order valence-electron chi connectivity index (χ0n) is 18.3. The van der Waals surface area contributed by atoms with E-state index in [-0.39, 0.29) is 30.1 Å². The van der Waals surface area contributed by atoms with Crippen LogP contribution in [0.2, 0.25) is 0 Å². The van der Waals surface area contributed by atoms with Gasteiger partial charge in [0.2, 0.25) is 17.7 Å². The second kappa shape index (κ2) is 8.38. The Kier molecular flexibility index (Phi) is 5.82. The third-order valence-corrected chi connectivity index (χ3v) is 6.70. The Morgan fingerprint density at radius 2 is 1.83 bits per heavy atom. The lowest BCUT2D eigenvalue weighted by atomic mass is 10.1. The molecule has 1 aromatic rings. The number of fused-ring (bicyclic) bond motifs is 1. The lowest BCUT2D eigenvalue weighted by Crippen LogP contribution is -2.52. The molecule has 4 rings (SSSR count). The molecule has 3 aliphatic rings. The number of anilines is 2. The van der Waals surface area contributed by atoms with Gasteiger partial charge in [-0.1, -0.05) is 6.92 Å². The van der Waals surface area contributed by atoms with Gasteiger partial charge >= 0.3 is 0 Å². The first kappa shape index (κ1) is 20.8. The second-order valence-corrected chi connectivity index (χ2v) is 8.82. The minimum atomic E-state index is -0.269. The number of benzene rings is 1. The maximum absolute atomic E-state index is 13.0. The third kappa shape index (κ3) is 3.83. The van der Waals surface area contributed by atoms with E-state index in [0.717, 1.165) is 49.5 Å². The molecule has 7 heteroatoms. The van der Waals surface area contributed by atoms with Gasteiger partial charge in [-0.15, -0.1) is 0 Å². The van der Waals surface area contributed by atoms with E-state index in [2.05, 4.69) is 18.7 Å². The van der Waals surface area contributed by atoms with Crippen molar-refractivity contribution >= 4 is 29.1 Å². The number of piperazine rings is 1. The second-order valence-electron chi connectivity index (χ2n) is 8.82. The van der Waals surface area contributed by atoms with Crippen LogP contribution in [0.5, 0.6) is 0 Å². The summed E-state index contributed by atoms with van der Waals surface area (Å²) in [5.74, 6) is -0.0276. The van der Waals surface area contributed by atoms with Crippen LogP contribution in [0.25, 0.3) is 0 Å². The van der Waals surface area contributed by atoms with Gasteiger partial charge in [0.25, 0.3) is 0 Å². The van der Waals surface area contributed by atoms with Crippen molar-refractivity contribution < 1.29 is 14.4 Å². The molecule has 1 aromatic carbocycles. The van der Waals surface area contributed by atoms with Crippen molar-refractivity contribution in [1.29, 1.82) is 0 Å². The fourth-order valence-corrected chi connectivity index (χ4v) is 4.85. The highest BCUT2D eigenvalue weighted by molar-refractivity contribution is 6.01. The molecule has 0 radical (unpaired) electrons. The molecule has 1 atom stereocenters. The van der Waals surface area contributed by atoms with E-state index >= 15 is 0 Å². The zero-order chi connectivity index (χ0) is 21.4. The van der Waals surface area contributed by atoms with Gasteiger partial charge in [0.1, 0.15) is 0 Å². The van der Waals surface area contributed by atoms with E-state index in [1.165, 1.54) is 0 Å². The summed E-state index contributed by atoms with van der Waals surface area (Å²) in [4.78, 5) is 45.7. The van der Waals surface area contributed by atoms with E-state index in [1.807, 2.05) is 34.9 Å². The van der Waals surface area contributed by atoms with Gasteiger partial charge in [-0.2, -0.15) is 0 Å². The van der Waals surface area contributed by atoms with Crippen LogP contribution in [0.1, 0.15) is 39.2 Å². The number of hydrogen-bond donors (Lipinski definition) is 0. The maximum Gasteiger partial charge on any atom is 0.228 e. The van der Waals surface area contributed by atoms with E-state index in [4.69, 9.17) is 0 Å². The van der Waals surface area contributed by atoms with E-state index < -0.39 is 0 Å². The molecule has 3 aliphatic heterocycles. The Balaban J connectivity index is 1.42. The van der Waals surface area contributed by atoms with Gasteiger partial charge in [-0.05, 0) is 44.0 Å². The molecule has 0 spiro atoms. The number of carbonyl (C=O) groups is 3. The van der Waals surface area contributed by atoms with E-state index in [0.29, 0.717) is 25.6 Å². The summed E-state index contributed by atoms with van der Waals surface area (Å²) >= 11 is 0. The normalized spacial score (nSPS) is 22.2. The number of nitrogens with zero attached hydrogens (tertiary/aromatic N) is 4. The fraction of sp³-hybridized carbons (Fsp3) is 0.609. The van der Waals surface area contributed by atoms with Crippen molar-refractivity contribution in [1.82, 2.24) is 9.80 Å². The monoisotopic (exact) mass is 412 g/mol. The van der Waals surface area contributed by atoms with Crippen molar-refractivity contribution in [2.75, 3.05) is 49.1 Å². The van der Waals surface area contributed by atoms with Gasteiger partial charge < -0.3 is 14.7 Å². The number of amides is 3. The van der Waals surface area contributed by atoms with Crippen molar-refractivity contribution in [2.45, 2.75) is 46.1 Å². The lowest BCUT2D eigenvalue weighted by molar-refractivity contribution is -0.137. The largest absolute Gasteiger partial charge is 0.340 e. The average molecular weight is 413 g/mol. The SMILES string of the molecule is CCC(=O)N1CCc2cc(N3C[C@@H](C(=O)N4CCN(C(C)C)CC4)CC3=O)ccc21. The van der Waals surface area contributed by atoms with Gasteiger partial charge in [-0.3, -0.25) is 19.3 Å². The summed E-state index contributed by atoms with van der Waals surface area (Å²) in [7, 11) is 0. The van der Waals surface area contributed by atoms with Crippen LogP contribution >= 0.6 is 0 Å². The highest BCUT2D eigenvalue weighted by Crippen LogP contribution is 2.34. The van der Waals surface area contributed by atoms with E-state index in [1.54, 1.807) is 4.90 Å². The van der Waals surface area contributed by atoms with Crippen LogP contribution in [0, 0.1) is 5.92 Å². The van der Waals surface area contributed by atoms with Crippen LogP contribution in [0.15, 0.2) is 18.2 Å². The molecule has 2 fully saturated rings. The van der Waals surface area contributed by atoms with E-state index in [9.17, 15) is 14.4 Å². The zero-order valence-corrected chi connectivity index (χ0v) is 18.3. The highest BCUT2D eigenvalue weighted by atomic mass is 16.2. The molecule has 0 saturated carbocycles. The fourth-order valence-electron chi connectivity index (χ4n) is 4.85. The molecule has 7 nitrogen and oxygen atoms in total. The Morgan fingerprint density at radius 3 is 2.50 bits per heavy atom. The van der Waals surface area contributed by atoms with Crippen LogP contribution < -0.4 is 9.80 Å². The molecular formula is C23H32N4O3. The molecule has 30 heavy (non-hydrogen) atoms. The van der Waals surface area contributed by atoms with Gasteiger partial charge in [0, 0.05) is 69.5 Å². The van der Waals surface area contributed by atoms with Crippen LogP contribution in [-0.2, 0) is 20.8 Å². The Morgan fingerprint density at radius 1 is 1.10 bits per heavy atom. The molecule has 3 amide bonds. The Hall–Kier alpha value is -2.41. The predicted octanol–water partition coefficient (Wildman–Crippen LogP) is 1.89. The average Bonchev–Trinajstić information content (AvgIpc) is 3.35. The van der Waals surface area contributed by atoms with Crippen LogP contribution in [0.3, 0.4) is 0 Å². The molecule has 0 aliphatic carbocycles. The van der Waals surface area contributed by atoms with Crippen molar-refractivity contribution in [3.8, 4) is 0 Å². The summed E-state index contributed by atoms with van der Waals surface area (Å²) in [6.07, 6.45) is 1.57. The standard InChI is InChI=1S/C23H32N4O3/c1-4-21(28)26-8-7-17-13-19(5-6-20(17)26)27-15-18(14-22(27)29)23(30)25-11-9-24(10-12-25)16(2)3/h5-6,13,16,18H,4,7-12,14-15H2,1-3H3/t18-/m0/s1. The maximum atomic E-state index is 13.0. The molecule has 0 aromatic heterocycles. The molecule has 0 unspecified atom stereocenters. The van der Waals surface area contributed by atoms with Crippen molar-refractivity contribution in [3.05, 3.63) is 23.8 Å². The first-order valence-electron chi connectivity index (χ1n) is 11.2. The highest BCUT2D eigenvalue weighted by Gasteiger charge is 2.38. The Bertz CT molecular complexity index is 845. The smallest absolute Gasteiger partial charge is 0.228 e. The van der Waals surface area contributed by atoms with Gasteiger partial charge in [0.15, 0.2) is 0 Å². The summed E-state index contributed by atoms with van der Waals surface area (Å²) in [6, 6.07) is 6.37. The van der Waals surface area contributed by atoms with Crippen LogP contribution in [-0.4, -0.2) is 72.8 Å². The predicted molar refractivity (Wildman–Crippen MR) is 117 cm³/mol. The number of hydrogen-bond acceptors (Lipinski definition) is 4. The molecule has 3 heterocycles. The van der Waals surface area contributed by atoms with Gasteiger partial charge in [0.05, 0.1) is 5.92 Å². The molecule has 2 saturated heterocycles. The topological polar surface area (TPSA) is 64.2 Å². The first-order chi connectivity index (χ1) is 14.4. The minimum absolute atomic E-state index is 0.00797.